The lowest BCUT2D eigenvalue weighted by molar-refractivity contribution is -0.136. The minimum absolute atomic E-state index is 0.0446. The highest BCUT2D eigenvalue weighted by Crippen LogP contribution is 2.21. The van der Waals surface area contributed by atoms with Crippen LogP contribution in [0.1, 0.15) is 27.2 Å². The van der Waals surface area contributed by atoms with Crippen molar-refractivity contribution in [2.45, 2.75) is 32.8 Å². The van der Waals surface area contributed by atoms with Crippen LogP contribution >= 0.6 is 0 Å². The fourth-order valence-corrected chi connectivity index (χ4v) is 1.53. The van der Waals surface area contributed by atoms with Crippen LogP contribution in [0.2, 0.25) is 0 Å². The minimum Gasteiger partial charge on any atom is -0.478 e. The van der Waals surface area contributed by atoms with Crippen LogP contribution in [0, 0.1) is 5.92 Å². The van der Waals surface area contributed by atoms with Gasteiger partial charge >= 0.3 is 5.97 Å². The summed E-state index contributed by atoms with van der Waals surface area (Å²) < 4.78 is 0. The Morgan fingerprint density at radius 1 is 1.47 bits per heavy atom. The first kappa shape index (κ1) is 13.4. The molecule has 0 aliphatic heterocycles. The summed E-state index contributed by atoms with van der Waals surface area (Å²) in [6.45, 7) is 4.62. The van der Waals surface area contributed by atoms with Gasteiger partial charge in [-0.2, -0.15) is 0 Å². The first-order chi connectivity index (χ1) is 7.70. The molecule has 1 aliphatic carbocycles. The summed E-state index contributed by atoms with van der Waals surface area (Å²) in [6, 6.07) is 0. The maximum atomic E-state index is 11.5. The summed E-state index contributed by atoms with van der Waals surface area (Å²) in [4.78, 5) is 22.4. The number of nitrogens with one attached hydrogen (secondary N) is 1. The molecule has 0 aromatic carbocycles. The first-order valence-electron chi connectivity index (χ1n) is 5.39. The van der Waals surface area contributed by atoms with E-state index >= 15 is 0 Å². The SMILES string of the molecule is CC1C=C(C(=O)O)C=C(NC(=O)C(C)(C)O)C1. The van der Waals surface area contributed by atoms with Crippen molar-refractivity contribution in [1.29, 1.82) is 0 Å². The first-order valence-corrected chi connectivity index (χ1v) is 5.39. The van der Waals surface area contributed by atoms with Crippen molar-refractivity contribution in [3.05, 3.63) is 23.4 Å². The molecule has 0 fully saturated rings. The molecule has 5 nitrogen and oxygen atoms in total. The summed E-state index contributed by atoms with van der Waals surface area (Å²) in [6.07, 6.45) is 3.62. The number of aliphatic hydroxyl groups is 1. The Kier molecular flexibility index (Phi) is 3.72. The Morgan fingerprint density at radius 3 is 2.53 bits per heavy atom. The second-order valence-corrected chi connectivity index (χ2v) is 4.79. The predicted octanol–water partition coefficient (Wildman–Crippen LogP) is 0.808. The fourth-order valence-electron chi connectivity index (χ4n) is 1.53. The van der Waals surface area contributed by atoms with Gasteiger partial charge in [0.05, 0.1) is 5.57 Å². The molecule has 3 N–H and O–H groups in total. The van der Waals surface area contributed by atoms with Crippen molar-refractivity contribution < 1.29 is 19.8 Å². The van der Waals surface area contributed by atoms with E-state index in [9.17, 15) is 14.7 Å². The summed E-state index contributed by atoms with van der Waals surface area (Å²) in [5.41, 5.74) is -0.798. The van der Waals surface area contributed by atoms with Crippen molar-refractivity contribution in [3.8, 4) is 0 Å². The number of hydrogen-bond acceptors (Lipinski definition) is 3. The highest BCUT2D eigenvalue weighted by molar-refractivity contribution is 5.91. The van der Waals surface area contributed by atoms with Gasteiger partial charge in [-0.1, -0.05) is 13.0 Å². The third-order valence-electron chi connectivity index (χ3n) is 2.41. The predicted molar refractivity (Wildman–Crippen MR) is 62.0 cm³/mol. The van der Waals surface area contributed by atoms with E-state index in [1.165, 1.54) is 19.9 Å². The van der Waals surface area contributed by atoms with Gasteiger partial charge in [0.1, 0.15) is 5.60 Å². The zero-order chi connectivity index (χ0) is 13.2. The molecular weight excluding hydrogens is 222 g/mol. The van der Waals surface area contributed by atoms with Gasteiger partial charge in [-0.05, 0) is 32.3 Å². The molecule has 1 atom stereocenters. The molecule has 0 saturated carbocycles. The zero-order valence-electron chi connectivity index (χ0n) is 10.2. The monoisotopic (exact) mass is 239 g/mol. The second kappa shape index (κ2) is 4.71. The average molecular weight is 239 g/mol. The largest absolute Gasteiger partial charge is 0.478 e. The van der Waals surface area contributed by atoms with Gasteiger partial charge in [-0.3, -0.25) is 4.79 Å². The molecule has 0 bridgehead atoms. The average Bonchev–Trinajstić information content (AvgIpc) is 2.14. The molecule has 94 valence electrons. The van der Waals surface area contributed by atoms with Gasteiger partial charge in [0.2, 0.25) is 0 Å². The molecule has 1 rings (SSSR count). The molecule has 1 unspecified atom stereocenters. The number of carboxylic acids is 1. The molecule has 1 aliphatic rings. The lowest BCUT2D eigenvalue weighted by Gasteiger charge is -2.22. The van der Waals surface area contributed by atoms with E-state index < -0.39 is 17.5 Å². The zero-order valence-corrected chi connectivity index (χ0v) is 10.2. The van der Waals surface area contributed by atoms with Gasteiger partial charge in [0.15, 0.2) is 0 Å². The van der Waals surface area contributed by atoms with E-state index in [1.54, 1.807) is 6.08 Å². The lowest BCUT2D eigenvalue weighted by Crippen LogP contribution is -2.42. The minimum atomic E-state index is -1.48. The summed E-state index contributed by atoms with van der Waals surface area (Å²) in [5, 5.41) is 20.9. The van der Waals surface area contributed by atoms with E-state index in [0.29, 0.717) is 12.1 Å². The van der Waals surface area contributed by atoms with Crippen molar-refractivity contribution in [2.24, 2.45) is 5.92 Å². The fraction of sp³-hybridized carbons (Fsp3) is 0.500. The third-order valence-corrected chi connectivity index (χ3v) is 2.41. The van der Waals surface area contributed by atoms with Crippen molar-refractivity contribution >= 4 is 11.9 Å². The smallest absolute Gasteiger partial charge is 0.335 e. The Labute approximate surface area is 99.8 Å². The second-order valence-electron chi connectivity index (χ2n) is 4.79. The van der Waals surface area contributed by atoms with E-state index in [4.69, 9.17) is 5.11 Å². The van der Waals surface area contributed by atoms with Gasteiger partial charge in [-0.25, -0.2) is 4.79 Å². The maximum absolute atomic E-state index is 11.5. The van der Waals surface area contributed by atoms with Gasteiger partial charge in [0, 0.05) is 5.70 Å². The summed E-state index contributed by atoms with van der Waals surface area (Å²) >= 11 is 0. The normalized spacial score (nSPS) is 20.4. The topological polar surface area (TPSA) is 86.6 Å². The van der Waals surface area contributed by atoms with E-state index in [0.717, 1.165) is 0 Å². The van der Waals surface area contributed by atoms with Crippen molar-refractivity contribution in [2.75, 3.05) is 0 Å². The number of carboxylic acid groups (broad SMARTS) is 1. The van der Waals surface area contributed by atoms with Crippen molar-refractivity contribution in [1.82, 2.24) is 5.32 Å². The van der Waals surface area contributed by atoms with Crippen molar-refractivity contribution in [3.63, 3.8) is 0 Å². The number of amides is 1. The molecule has 0 saturated heterocycles. The van der Waals surface area contributed by atoms with Crippen LogP contribution in [-0.2, 0) is 9.59 Å². The highest BCUT2D eigenvalue weighted by Gasteiger charge is 2.26. The van der Waals surface area contributed by atoms with Gasteiger partial charge in [-0.15, -0.1) is 0 Å². The van der Waals surface area contributed by atoms with E-state index in [1.807, 2.05) is 6.92 Å². The third kappa shape index (κ3) is 3.71. The van der Waals surface area contributed by atoms with Crippen LogP contribution in [0.4, 0.5) is 0 Å². The quantitative estimate of drug-likeness (QED) is 0.680. The molecular formula is C12H17NO4. The maximum Gasteiger partial charge on any atom is 0.335 e. The van der Waals surface area contributed by atoms with Gasteiger partial charge in [0.25, 0.3) is 5.91 Å². The van der Waals surface area contributed by atoms with Crippen LogP contribution in [-0.4, -0.2) is 27.7 Å². The molecule has 0 heterocycles. The van der Waals surface area contributed by atoms with Gasteiger partial charge < -0.3 is 15.5 Å². The molecule has 0 aromatic heterocycles. The number of carbonyl (C=O) groups is 2. The molecule has 1 amide bonds. The Bertz CT molecular complexity index is 401. The van der Waals surface area contributed by atoms with Crippen LogP contribution in [0.5, 0.6) is 0 Å². The number of allylic oxidation sites excluding steroid dienone is 2. The Balaban J connectivity index is 2.83. The number of rotatable bonds is 3. The molecule has 0 spiro atoms. The molecule has 17 heavy (non-hydrogen) atoms. The molecule has 0 radical (unpaired) electrons. The standard InChI is InChI=1S/C12H17NO4/c1-7-4-8(10(14)15)6-9(5-7)13-11(16)12(2,3)17/h4,6-7,17H,5H2,1-3H3,(H,13,16)(H,14,15). The Hall–Kier alpha value is -1.62. The van der Waals surface area contributed by atoms with Crippen LogP contribution in [0.25, 0.3) is 0 Å². The Morgan fingerprint density at radius 2 is 2.06 bits per heavy atom. The molecule has 5 heteroatoms. The molecule has 0 aromatic rings. The summed E-state index contributed by atoms with van der Waals surface area (Å²) in [5.74, 6) is -1.52. The number of aliphatic carboxylic acids is 1. The number of carbonyl (C=O) groups excluding carboxylic acids is 1. The van der Waals surface area contributed by atoms with E-state index in [2.05, 4.69) is 5.32 Å². The van der Waals surface area contributed by atoms with Crippen LogP contribution in [0.15, 0.2) is 23.4 Å². The highest BCUT2D eigenvalue weighted by atomic mass is 16.4. The van der Waals surface area contributed by atoms with Crippen LogP contribution < -0.4 is 5.32 Å². The van der Waals surface area contributed by atoms with Crippen LogP contribution in [0.3, 0.4) is 0 Å². The number of hydrogen-bond donors (Lipinski definition) is 3. The lowest BCUT2D eigenvalue weighted by atomic mass is 9.95. The summed E-state index contributed by atoms with van der Waals surface area (Å²) in [7, 11) is 0. The van der Waals surface area contributed by atoms with E-state index in [-0.39, 0.29) is 11.5 Å².